The standard InChI is InChI=1S/C10H8BrNO2/c1-14-12-9-5-3-2-4-7(9)8(6-13)10(12)11/h2-6H,1H3. The number of hydrogen-bond donors (Lipinski definition) is 0. The van der Waals surface area contributed by atoms with Crippen molar-refractivity contribution in [1.82, 2.24) is 4.73 Å². The van der Waals surface area contributed by atoms with Gasteiger partial charge in [-0.05, 0) is 22.0 Å². The van der Waals surface area contributed by atoms with E-state index >= 15 is 0 Å². The fraction of sp³-hybridized carbons (Fsp3) is 0.100. The van der Waals surface area contributed by atoms with Crippen molar-refractivity contribution in [2.45, 2.75) is 0 Å². The molecule has 1 aromatic carbocycles. The number of rotatable bonds is 2. The molecule has 0 unspecified atom stereocenters. The molecule has 0 saturated carbocycles. The minimum Gasteiger partial charge on any atom is -0.416 e. The van der Waals surface area contributed by atoms with Crippen LogP contribution in [0.1, 0.15) is 10.4 Å². The van der Waals surface area contributed by atoms with Gasteiger partial charge in [-0.2, -0.15) is 4.73 Å². The lowest BCUT2D eigenvalue weighted by atomic mass is 10.2. The molecule has 0 saturated heterocycles. The molecule has 0 bridgehead atoms. The van der Waals surface area contributed by atoms with Crippen LogP contribution in [0.2, 0.25) is 0 Å². The summed E-state index contributed by atoms with van der Waals surface area (Å²) in [4.78, 5) is 16.0. The molecule has 0 amide bonds. The molecule has 2 rings (SSSR count). The van der Waals surface area contributed by atoms with Crippen LogP contribution in [0.3, 0.4) is 0 Å². The summed E-state index contributed by atoms with van der Waals surface area (Å²) in [6.07, 6.45) is 0.821. The van der Waals surface area contributed by atoms with E-state index in [9.17, 15) is 4.79 Å². The molecule has 0 radical (unpaired) electrons. The highest BCUT2D eigenvalue weighted by Crippen LogP contribution is 2.27. The first-order valence-corrected chi connectivity index (χ1v) is 4.87. The van der Waals surface area contributed by atoms with Gasteiger partial charge < -0.3 is 4.84 Å². The van der Waals surface area contributed by atoms with E-state index in [1.165, 1.54) is 0 Å². The maximum Gasteiger partial charge on any atom is 0.153 e. The molecular weight excluding hydrogens is 246 g/mol. The van der Waals surface area contributed by atoms with E-state index in [0.29, 0.717) is 10.2 Å². The highest BCUT2D eigenvalue weighted by molar-refractivity contribution is 9.10. The number of aldehydes is 1. The summed E-state index contributed by atoms with van der Waals surface area (Å²) < 4.78 is 2.23. The summed E-state index contributed by atoms with van der Waals surface area (Å²) in [5.41, 5.74) is 1.49. The largest absolute Gasteiger partial charge is 0.416 e. The van der Waals surface area contributed by atoms with Crippen molar-refractivity contribution >= 4 is 33.1 Å². The summed E-state index contributed by atoms with van der Waals surface area (Å²) >= 11 is 3.32. The summed E-state index contributed by atoms with van der Waals surface area (Å²) in [5, 5.41) is 0.885. The Bertz CT molecular complexity index is 490. The normalized spacial score (nSPS) is 10.4. The van der Waals surface area contributed by atoms with Gasteiger partial charge in [0.25, 0.3) is 0 Å². The molecule has 1 aromatic heterocycles. The second-order valence-electron chi connectivity index (χ2n) is 2.82. The molecule has 0 N–H and O–H groups in total. The van der Waals surface area contributed by atoms with Crippen molar-refractivity contribution < 1.29 is 9.63 Å². The summed E-state index contributed by atoms with van der Waals surface area (Å²) in [5.74, 6) is 0. The molecule has 0 atom stereocenters. The number of carbonyl (C=O) groups is 1. The zero-order chi connectivity index (χ0) is 10.1. The van der Waals surface area contributed by atoms with E-state index in [4.69, 9.17) is 4.84 Å². The number of halogens is 1. The molecule has 0 aliphatic carbocycles. The molecule has 0 aliphatic rings. The van der Waals surface area contributed by atoms with Crippen molar-refractivity contribution in [3.05, 3.63) is 34.4 Å². The number of para-hydroxylation sites is 1. The van der Waals surface area contributed by atoms with Gasteiger partial charge in [0, 0.05) is 5.39 Å². The number of fused-ring (bicyclic) bond motifs is 1. The van der Waals surface area contributed by atoms with E-state index in [1.807, 2.05) is 24.3 Å². The Hall–Kier alpha value is -1.29. The Kier molecular flexibility index (Phi) is 2.29. The third kappa shape index (κ3) is 1.14. The topological polar surface area (TPSA) is 31.2 Å². The SMILES string of the molecule is COn1c(Br)c(C=O)c2ccccc21. The second kappa shape index (κ2) is 3.46. The molecule has 4 heteroatoms. The van der Waals surface area contributed by atoms with E-state index < -0.39 is 0 Å². The maximum atomic E-state index is 10.9. The predicted octanol–water partition coefficient (Wildman–Crippen LogP) is 2.27. The number of benzene rings is 1. The summed E-state index contributed by atoms with van der Waals surface area (Å²) in [7, 11) is 1.56. The number of aromatic nitrogens is 1. The molecule has 0 fully saturated rings. The first-order valence-electron chi connectivity index (χ1n) is 4.08. The Balaban J connectivity index is 2.91. The predicted molar refractivity (Wildman–Crippen MR) is 57.5 cm³/mol. The van der Waals surface area contributed by atoms with E-state index in [2.05, 4.69) is 15.9 Å². The Morgan fingerprint density at radius 3 is 2.79 bits per heavy atom. The van der Waals surface area contributed by atoms with Gasteiger partial charge in [0.2, 0.25) is 0 Å². The van der Waals surface area contributed by atoms with Crippen molar-refractivity contribution in [2.24, 2.45) is 0 Å². The number of carbonyl (C=O) groups excluding carboxylic acids is 1. The van der Waals surface area contributed by atoms with Crippen LogP contribution >= 0.6 is 15.9 Å². The van der Waals surface area contributed by atoms with Crippen LogP contribution in [0.15, 0.2) is 28.9 Å². The molecular formula is C10H8BrNO2. The molecule has 2 aromatic rings. The van der Waals surface area contributed by atoms with Gasteiger partial charge >= 0.3 is 0 Å². The second-order valence-corrected chi connectivity index (χ2v) is 3.57. The molecule has 0 aliphatic heterocycles. The van der Waals surface area contributed by atoms with Gasteiger partial charge in [0.1, 0.15) is 11.7 Å². The highest BCUT2D eigenvalue weighted by atomic mass is 79.9. The Morgan fingerprint density at radius 2 is 2.14 bits per heavy atom. The van der Waals surface area contributed by atoms with E-state index in [-0.39, 0.29) is 0 Å². The average molecular weight is 254 g/mol. The van der Waals surface area contributed by atoms with Gasteiger partial charge in [-0.3, -0.25) is 4.79 Å². The van der Waals surface area contributed by atoms with Crippen molar-refractivity contribution in [2.75, 3.05) is 7.11 Å². The highest BCUT2D eigenvalue weighted by Gasteiger charge is 2.13. The monoisotopic (exact) mass is 253 g/mol. The van der Waals surface area contributed by atoms with Crippen LogP contribution in [0.25, 0.3) is 10.9 Å². The zero-order valence-electron chi connectivity index (χ0n) is 7.53. The van der Waals surface area contributed by atoms with Gasteiger partial charge in [-0.25, -0.2) is 0 Å². The maximum absolute atomic E-state index is 10.9. The third-order valence-corrected chi connectivity index (χ3v) is 2.86. The van der Waals surface area contributed by atoms with Crippen LogP contribution in [-0.2, 0) is 0 Å². The quantitative estimate of drug-likeness (QED) is 0.770. The first-order chi connectivity index (χ1) is 6.79. The average Bonchev–Trinajstić information content (AvgIpc) is 2.49. The van der Waals surface area contributed by atoms with Crippen LogP contribution in [0, 0.1) is 0 Å². The zero-order valence-corrected chi connectivity index (χ0v) is 9.11. The Labute approximate surface area is 89.4 Å². The lowest BCUT2D eigenvalue weighted by Crippen LogP contribution is -2.05. The molecule has 0 spiro atoms. The smallest absolute Gasteiger partial charge is 0.153 e. The van der Waals surface area contributed by atoms with Crippen LogP contribution in [-0.4, -0.2) is 18.1 Å². The lowest BCUT2D eigenvalue weighted by Gasteiger charge is -2.02. The first kappa shape index (κ1) is 9.27. The van der Waals surface area contributed by atoms with E-state index in [1.54, 1.807) is 11.8 Å². The van der Waals surface area contributed by atoms with Gasteiger partial charge in [-0.15, -0.1) is 0 Å². The van der Waals surface area contributed by atoms with Gasteiger partial charge in [0.15, 0.2) is 6.29 Å². The van der Waals surface area contributed by atoms with Crippen LogP contribution < -0.4 is 4.84 Å². The third-order valence-electron chi connectivity index (χ3n) is 2.11. The molecule has 14 heavy (non-hydrogen) atoms. The minimum atomic E-state index is 0.613. The minimum absolute atomic E-state index is 0.613. The lowest BCUT2D eigenvalue weighted by molar-refractivity contribution is 0.112. The van der Waals surface area contributed by atoms with Crippen molar-refractivity contribution in [3.63, 3.8) is 0 Å². The van der Waals surface area contributed by atoms with Crippen molar-refractivity contribution in [1.29, 1.82) is 0 Å². The van der Waals surface area contributed by atoms with Crippen molar-refractivity contribution in [3.8, 4) is 0 Å². The van der Waals surface area contributed by atoms with Gasteiger partial charge in [0.05, 0.1) is 11.1 Å². The van der Waals surface area contributed by atoms with Crippen LogP contribution in [0.5, 0.6) is 0 Å². The van der Waals surface area contributed by atoms with Crippen LogP contribution in [0.4, 0.5) is 0 Å². The van der Waals surface area contributed by atoms with Gasteiger partial charge in [-0.1, -0.05) is 18.2 Å². The Morgan fingerprint density at radius 1 is 1.43 bits per heavy atom. The fourth-order valence-electron chi connectivity index (χ4n) is 1.50. The molecule has 72 valence electrons. The molecule has 1 heterocycles. The molecule has 3 nitrogen and oxygen atoms in total. The number of hydrogen-bond acceptors (Lipinski definition) is 2. The van der Waals surface area contributed by atoms with E-state index in [0.717, 1.165) is 17.2 Å². The number of nitrogens with zero attached hydrogens (tertiary/aromatic N) is 1. The summed E-state index contributed by atoms with van der Waals surface area (Å²) in [6, 6.07) is 7.58. The fourth-order valence-corrected chi connectivity index (χ4v) is 2.14. The summed E-state index contributed by atoms with van der Waals surface area (Å²) in [6.45, 7) is 0.